The fourth-order valence-corrected chi connectivity index (χ4v) is 4.03. The summed E-state index contributed by atoms with van der Waals surface area (Å²) in [5.41, 5.74) is 10.1. The van der Waals surface area contributed by atoms with Gasteiger partial charge < -0.3 is 25.7 Å². The summed E-state index contributed by atoms with van der Waals surface area (Å²) >= 11 is 0. The van der Waals surface area contributed by atoms with Crippen LogP contribution in [-0.4, -0.2) is 40.8 Å². The van der Waals surface area contributed by atoms with Gasteiger partial charge >= 0.3 is 6.03 Å². The zero-order valence-electron chi connectivity index (χ0n) is 19.1. The largest absolute Gasteiger partial charge is 0.497 e. The van der Waals surface area contributed by atoms with Gasteiger partial charge in [0.05, 0.1) is 18.1 Å². The molecule has 0 bridgehead atoms. The monoisotopic (exact) mass is 446 g/mol. The second-order valence-electron chi connectivity index (χ2n) is 7.91. The number of carbonyl (C=O) groups is 1. The number of amides is 2. The molecule has 4 N–H and O–H groups in total. The summed E-state index contributed by atoms with van der Waals surface area (Å²) in [4.78, 5) is 21.1. The van der Waals surface area contributed by atoms with Crippen molar-refractivity contribution in [3.05, 3.63) is 59.9 Å². The van der Waals surface area contributed by atoms with Crippen molar-refractivity contribution in [1.29, 1.82) is 0 Å². The van der Waals surface area contributed by atoms with Crippen LogP contribution in [0.25, 0.3) is 21.9 Å². The number of nitrogens with two attached hydrogens (primary N) is 1. The Morgan fingerprint density at radius 3 is 2.61 bits per heavy atom. The smallest absolute Gasteiger partial charge is 0.314 e. The van der Waals surface area contributed by atoms with Gasteiger partial charge in [0.15, 0.2) is 5.82 Å². The minimum absolute atomic E-state index is 0.129. The van der Waals surface area contributed by atoms with Crippen LogP contribution in [-0.2, 0) is 13.0 Å². The second-order valence-corrected chi connectivity index (χ2v) is 7.91. The zero-order valence-corrected chi connectivity index (χ0v) is 19.1. The van der Waals surface area contributed by atoms with Gasteiger partial charge in [-0.3, -0.25) is 0 Å². The average Bonchev–Trinajstić information content (AvgIpc) is 3.18. The maximum atomic E-state index is 11.6. The molecule has 0 aliphatic carbocycles. The number of nitrogen functional groups attached to an aromatic ring is 1. The Balaban J connectivity index is 1.64. The lowest BCUT2D eigenvalue weighted by Gasteiger charge is -2.12. The summed E-state index contributed by atoms with van der Waals surface area (Å²) in [7, 11) is 1.66. The van der Waals surface area contributed by atoms with E-state index in [1.165, 1.54) is 0 Å². The number of rotatable bonds is 9. The molecule has 0 radical (unpaired) electrons. The van der Waals surface area contributed by atoms with E-state index >= 15 is 0 Å². The highest BCUT2D eigenvalue weighted by Gasteiger charge is 2.17. The number of fused-ring (bicyclic) bond motifs is 3. The number of pyridine rings is 1. The molecule has 0 saturated heterocycles. The second kappa shape index (κ2) is 10.2. The van der Waals surface area contributed by atoms with E-state index in [1.807, 2.05) is 37.3 Å². The maximum Gasteiger partial charge on any atom is 0.314 e. The molecule has 0 fully saturated rings. The molecule has 8 heteroatoms. The topological polar surface area (TPSA) is 107 Å². The number of ether oxygens (including phenoxy) is 1. The molecule has 4 aromatic rings. The Morgan fingerprint density at radius 1 is 1.06 bits per heavy atom. The summed E-state index contributed by atoms with van der Waals surface area (Å²) in [6, 6.07) is 15.9. The van der Waals surface area contributed by atoms with E-state index in [9.17, 15) is 4.79 Å². The highest BCUT2D eigenvalue weighted by atomic mass is 16.5. The van der Waals surface area contributed by atoms with Crippen molar-refractivity contribution in [3.8, 4) is 5.75 Å². The molecule has 172 valence electrons. The van der Waals surface area contributed by atoms with Gasteiger partial charge in [-0.1, -0.05) is 30.3 Å². The molecule has 8 nitrogen and oxygen atoms in total. The number of para-hydroxylation sites is 1. The van der Waals surface area contributed by atoms with E-state index < -0.39 is 0 Å². The van der Waals surface area contributed by atoms with Gasteiger partial charge in [-0.15, -0.1) is 0 Å². The molecule has 0 aliphatic rings. The molecule has 2 aromatic carbocycles. The first kappa shape index (κ1) is 22.4. The van der Waals surface area contributed by atoms with E-state index in [0.717, 1.165) is 58.5 Å². The van der Waals surface area contributed by atoms with E-state index in [-0.39, 0.29) is 6.03 Å². The van der Waals surface area contributed by atoms with Crippen LogP contribution in [0.5, 0.6) is 5.75 Å². The quantitative estimate of drug-likeness (QED) is 0.338. The molecule has 0 saturated carbocycles. The molecular weight excluding hydrogens is 416 g/mol. The Morgan fingerprint density at radius 2 is 1.85 bits per heavy atom. The number of aryl methyl sites for hydroxylation is 1. The first-order valence-electron chi connectivity index (χ1n) is 11.3. The average molecular weight is 447 g/mol. The molecule has 0 atom stereocenters. The van der Waals surface area contributed by atoms with Crippen LogP contribution >= 0.6 is 0 Å². The van der Waals surface area contributed by atoms with Crippen LogP contribution in [0.4, 0.5) is 10.6 Å². The number of nitrogens with one attached hydrogen (secondary N) is 2. The van der Waals surface area contributed by atoms with Gasteiger partial charge in [0.2, 0.25) is 0 Å². The number of imidazole rings is 1. The van der Waals surface area contributed by atoms with Gasteiger partial charge in [0, 0.05) is 31.4 Å². The third-order valence-corrected chi connectivity index (χ3v) is 5.64. The van der Waals surface area contributed by atoms with Gasteiger partial charge in [0.25, 0.3) is 0 Å². The van der Waals surface area contributed by atoms with E-state index in [1.54, 1.807) is 7.11 Å². The predicted molar refractivity (Wildman–Crippen MR) is 132 cm³/mol. The van der Waals surface area contributed by atoms with E-state index in [4.69, 9.17) is 15.5 Å². The van der Waals surface area contributed by atoms with Crippen molar-refractivity contribution in [2.45, 2.75) is 32.7 Å². The molecule has 4 rings (SSSR count). The third kappa shape index (κ3) is 5.00. The van der Waals surface area contributed by atoms with Crippen LogP contribution < -0.4 is 21.1 Å². The van der Waals surface area contributed by atoms with Crippen molar-refractivity contribution in [1.82, 2.24) is 25.2 Å². The van der Waals surface area contributed by atoms with Crippen molar-refractivity contribution < 1.29 is 9.53 Å². The lowest BCUT2D eigenvalue weighted by atomic mass is 10.1. The Hall–Kier alpha value is -3.81. The molecule has 2 aromatic heterocycles. The third-order valence-electron chi connectivity index (χ3n) is 5.64. The maximum absolute atomic E-state index is 11.6. The standard InChI is InChI=1S/C25H30N6O2/c1-3-27-25(32)28-14-6-7-15-31-21(16-17-10-12-18(33-2)13-11-17)30-22-23(31)19-8-4-5-9-20(19)29-24(22)26/h4-5,8-13H,3,6-7,14-16H2,1-2H3,(H2,26,29)(H2,27,28,32). The lowest BCUT2D eigenvalue weighted by Crippen LogP contribution is -2.35. The minimum atomic E-state index is -0.129. The number of hydrogen-bond donors (Lipinski definition) is 3. The van der Waals surface area contributed by atoms with Crippen LogP contribution in [0.2, 0.25) is 0 Å². The number of hydrogen-bond acceptors (Lipinski definition) is 5. The van der Waals surface area contributed by atoms with Gasteiger partial charge in [-0.2, -0.15) is 0 Å². The van der Waals surface area contributed by atoms with Crippen molar-refractivity contribution >= 4 is 33.8 Å². The fraction of sp³-hybridized carbons (Fsp3) is 0.320. The van der Waals surface area contributed by atoms with Crippen molar-refractivity contribution in [3.63, 3.8) is 0 Å². The van der Waals surface area contributed by atoms with Crippen molar-refractivity contribution in [2.24, 2.45) is 0 Å². The molecule has 0 aliphatic heterocycles. The Kier molecular flexibility index (Phi) is 6.92. The number of nitrogens with zero attached hydrogens (tertiary/aromatic N) is 3. The molecule has 0 unspecified atom stereocenters. The molecule has 33 heavy (non-hydrogen) atoms. The molecular formula is C25H30N6O2. The summed E-state index contributed by atoms with van der Waals surface area (Å²) < 4.78 is 7.54. The first-order valence-corrected chi connectivity index (χ1v) is 11.3. The van der Waals surface area contributed by atoms with Gasteiger partial charge in [-0.25, -0.2) is 14.8 Å². The van der Waals surface area contributed by atoms with Crippen molar-refractivity contribution in [2.75, 3.05) is 25.9 Å². The SMILES string of the molecule is CCNC(=O)NCCCCn1c(Cc2ccc(OC)cc2)nc2c(N)nc3ccccc3c21. The molecule has 2 heterocycles. The zero-order chi connectivity index (χ0) is 23.2. The lowest BCUT2D eigenvalue weighted by molar-refractivity contribution is 0.241. The van der Waals surface area contributed by atoms with Crippen LogP contribution in [0.1, 0.15) is 31.2 Å². The Bertz CT molecular complexity index is 1250. The number of methoxy groups -OCH3 is 1. The first-order chi connectivity index (χ1) is 16.1. The van der Waals surface area contributed by atoms with Gasteiger partial charge in [-0.05, 0) is 43.5 Å². The van der Waals surface area contributed by atoms with E-state index in [2.05, 4.69) is 38.4 Å². The van der Waals surface area contributed by atoms with E-state index in [0.29, 0.717) is 25.3 Å². The summed E-state index contributed by atoms with van der Waals surface area (Å²) in [6.07, 6.45) is 2.42. The Labute approximate surface area is 193 Å². The minimum Gasteiger partial charge on any atom is -0.497 e. The summed E-state index contributed by atoms with van der Waals surface area (Å²) in [6.45, 7) is 3.91. The number of anilines is 1. The number of carbonyl (C=O) groups excluding carboxylic acids is 1. The number of unbranched alkanes of at least 4 members (excludes halogenated alkanes) is 1. The fourth-order valence-electron chi connectivity index (χ4n) is 4.03. The van der Waals surface area contributed by atoms with Crippen LogP contribution in [0.15, 0.2) is 48.5 Å². The number of urea groups is 1. The summed E-state index contributed by atoms with van der Waals surface area (Å²) in [5, 5.41) is 6.68. The van der Waals surface area contributed by atoms with Crippen LogP contribution in [0, 0.1) is 0 Å². The predicted octanol–water partition coefficient (Wildman–Crippen LogP) is 3.87. The molecule has 2 amide bonds. The number of benzene rings is 2. The highest BCUT2D eigenvalue weighted by Crippen LogP contribution is 2.30. The number of aromatic nitrogens is 3. The molecule has 0 spiro atoms. The van der Waals surface area contributed by atoms with Crippen LogP contribution in [0.3, 0.4) is 0 Å². The highest BCUT2D eigenvalue weighted by molar-refractivity contribution is 6.06. The van der Waals surface area contributed by atoms with Gasteiger partial charge in [0.1, 0.15) is 17.1 Å². The normalized spacial score (nSPS) is 11.1. The summed E-state index contributed by atoms with van der Waals surface area (Å²) in [5.74, 6) is 2.21.